The Morgan fingerprint density at radius 3 is 2.41 bits per heavy atom. The van der Waals surface area contributed by atoms with Crippen LogP contribution >= 0.6 is 11.8 Å². The van der Waals surface area contributed by atoms with E-state index in [1.807, 2.05) is 30.3 Å². The topological polar surface area (TPSA) is 59.8 Å². The van der Waals surface area contributed by atoms with Crippen LogP contribution < -0.4 is 5.32 Å². The van der Waals surface area contributed by atoms with Gasteiger partial charge in [0.15, 0.2) is 5.16 Å². The molecule has 0 aliphatic carbocycles. The Morgan fingerprint density at radius 2 is 1.78 bits per heavy atom. The van der Waals surface area contributed by atoms with Crippen LogP contribution in [0.15, 0.2) is 66.1 Å². The van der Waals surface area contributed by atoms with E-state index in [1.165, 1.54) is 23.9 Å². The van der Waals surface area contributed by atoms with Gasteiger partial charge in [0.1, 0.15) is 6.33 Å². The van der Waals surface area contributed by atoms with Gasteiger partial charge in [0.2, 0.25) is 5.91 Å². The van der Waals surface area contributed by atoms with Gasteiger partial charge in [-0.2, -0.15) is 13.2 Å². The second-order valence-corrected chi connectivity index (χ2v) is 6.95. The van der Waals surface area contributed by atoms with E-state index in [2.05, 4.69) is 15.5 Å². The van der Waals surface area contributed by atoms with E-state index in [0.717, 1.165) is 17.8 Å². The van der Waals surface area contributed by atoms with Gasteiger partial charge in [-0.05, 0) is 43.3 Å². The number of carbonyl (C=O) groups is 1. The molecule has 5 nitrogen and oxygen atoms in total. The molecule has 140 valence electrons. The highest BCUT2D eigenvalue weighted by Crippen LogP contribution is 2.30. The molecular weight excluding hydrogens is 377 g/mol. The van der Waals surface area contributed by atoms with Crippen molar-refractivity contribution >= 4 is 23.4 Å². The summed E-state index contributed by atoms with van der Waals surface area (Å²) in [6.45, 7) is 1.69. The average molecular weight is 392 g/mol. The summed E-state index contributed by atoms with van der Waals surface area (Å²) in [5.74, 6) is -0.345. The van der Waals surface area contributed by atoms with Gasteiger partial charge in [-0.15, -0.1) is 10.2 Å². The zero-order valence-electron chi connectivity index (χ0n) is 14.1. The van der Waals surface area contributed by atoms with E-state index < -0.39 is 17.0 Å². The predicted molar refractivity (Wildman–Crippen MR) is 96.8 cm³/mol. The molecule has 1 amide bonds. The molecule has 0 spiro atoms. The predicted octanol–water partition coefficient (Wildman–Crippen LogP) is 4.41. The third-order valence-corrected chi connectivity index (χ3v) is 4.74. The Labute approximate surface area is 157 Å². The fourth-order valence-electron chi connectivity index (χ4n) is 2.27. The van der Waals surface area contributed by atoms with Crippen molar-refractivity contribution in [3.63, 3.8) is 0 Å². The normalized spacial score (nSPS) is 12.6. The number of anilines is 1. The van der Waals surface area contributed by atoms with Crippen LogP contribution in [0.5, 0.6) is 0 Å². The maximum absolute atomic E-state index is 12.6. The molecule has 0 radical (unpaired) electrons. The largest absolute Gasteiger partial charge is 0.416 e. The molecule has 0 saturated heterocycles. The number of thioether (sulfide) groups is 1. The minimum atomic E-state index is -4.41. The molecule has 9 heteroatoms. The summed E-state index contributed by atoms with van der Waals surface area (Å²) < 4.78 is 39.5. The van der Waals surface area contributed by atoms with Crippen molar-refractivity contribution in [3.05, 3.63) is 66.5 Å². The zero-order chi connectivity index (χ0) is 19.4. The van der Waals surface area contributed by atoms with Gasteiger partial charge in [0.25, 0.3) is 0 Å². The van der Waals surface area contributed by atoms with Gasteiger partial charge in [-0.1, -0.05) is 30.0 Å². The third-order valence-electron chi connectivity index (χ3n) is 3.68. The quantitative estimate of drug-likeness (QED) is 0.654. The maximum Gasteiger partial charge on any atom is 0.416 e. The van der Waals surface area contributed by atoms with Gasteiger partial charge in [0, 0.05) is 11.4 Å². The summed E-state index contributed by atoms with van der Waals surface area (Å²) in [7, 11) is 0. The van der Waals surface area contributed by atoms with E-state index in [4.69, 9.17) is 0 Å². The minimum absolute atomic E-state index is 0.296. The lowest BCUT2D eigenvalue weighted by molar-refractivity contribution is -0.137. The monoisotopic (exact) mass is 392 g/mol. The summed E-state index contributed by atoms with van der Waals surface area (Å²) in [5.41, 5.74) is 0.393. The molecule has 1 aromatic heterocycles. The first-order valence-electron chi connectivity index (χ1n) is 7.95. The maximum atomic E-state index is 12.6. The number of amides is 1. The lowest BCUT2D eigenvalue weighted by atomic mass is 10.2. The number of hydrogen-bond acceptors (Lipinski definition) is 4. The van der Waals surface area contributed by atoms with Crippen molar-refractivity contribution in [2.24, 2.45) is 0 Å². The van der Waals surface area contributed by atoms with Crippen molar-refractivity contribution < 1.29 is 18.0 Å². The molecule has 3 aromatic rings. The fraction of sp³-hybridized carbons (Fsp3) is 0.167. The summed E-state index contributed by atoms with van der Waals surface area (Å²) in [4.78, 5) is 12.4. The van der Waals surface area contributed by atoms with E-state index >= 15 is 0 Å². The molecule has 27 heavy (non-hydrogen) atoms. The summed E-state index contributed by atoms with van der Waals surface area (Å²) in [6, 6.07) is 13.7. The number of nitrogens with zero attached hydrogens (tertiary/aromatic N) is 3. The number of hydrogen-bond donors (Lipinski definition) is 1. The number of nitrogens with one attached hydrogen (secondary N) is 1. The molecule has 0 aliphatic heterocycles. The van der Waals surface area contributed by atoms with E-state index in [0.29, 0.717) is 10.8 Å². The van der Waals surface area contributed by atoms with E-state index in [-0.39, 0.29) is 5.91 Å². The van der Waals surface area contributed by atoms with Gasteiger partial charge in [-0.25, -0.2) is 0 Å². The van der Waals surface area contributed by atoms with Gasteiger partial charge < -0.3 is 5.32 Å². The number of alkyl halides is 3. The number of para-hydroxylation sites is 1. The SMILES string of the molecule is C[C@H](Sc1nncn1-c1ccccc1)C(=O)Nc1ccc(C(F)(F)F)cc1. The smallest absolute Gasteiger partial charge is 0.325 e. The van der Waals surface area contributed by atoms with E-state index in [9.17, 15) is 18.0 Å². The summed E-state index contributed by atoms with van der Waals surface area (Å²) >= 11 is 1.20. The van der Waals surface area contributed by atoms with Crippen molar-refractivity contribution in [2.75, 3.05) is 5.32 Å². The Morgan fingerprint density at radius 1 is 1.11 bits per heavy atom. The van der Waals surface area contributed by atoms with E-state index in [1.54, 1.807) is 17.8 Å². The second kappa shape index (κ2) is 7.83. The van der Waals surface area contributed by atoms with Crippen LogP contribution in [0.25, 0.3) is 5.69 Å². The van der Waals surface area contributed by atoms with Gasteiger partial charge in [-0.3, -0.25) is 9.36 Å². The molecule has 0 aliphatic rings. The Hall–Kier alpha value is -2.81. The highest BCUT2D eigenvalue weighted by atomic mass is 32.2. The minimum Gasteiger partial charge on any atom is -0.325 e. The first kappa shape index (κ1) is 19.0. The fourth-order valence-corrected chi connectivity index (χ4v) is 3.11. The Kier molecular flexibility index (Phi) is 5.50. The second-order valence-electron chi connectivity index (χ2n) is 5.64. The number of benzene rings is 2. The molecular formula is C18H15F3N4OS. The number of carbonyl (C=O) groups excluding carboxylic acids is 1. The van der Waals surface area contributed by atoms with Crippen LogP contribution in [0.3, 0.4) is 0 Å². The third kappa shape index (κ3) is 4.68. The van der Waals surface area contributed by atoms with Crippen LogP contribution in [-0.2, 0) is 11.0 Å². The zero-order valence-corrected chi connectivity index (χ0v) is 15.0. The van der Waals surface area contributed by atoms with Gasteiger partial charge in [0.05, 0.1) is 10.8 Å². The van der Waals surface area contributed by atoms with Crippen LogP contribution in [0, 0.1) is 0 Å². The number of rotatable bonds is 5. The molecule has 2 aromatic carbocycles. The van der Waals surface area contributed by atoms with Crippen LogP contribution in [0.4, 0.5) is 18.9 Å². The molecule has 0 saturated carbocycles. The molecule has 0 fully saturated rings. The van der Waals surface area contributed by atoms with Crippen molar-refractivity contribution in [3.8, 4) is 5.69 Å². The number of halogens is 3. The molecule has 1 heterocycles. The highest BCUT2D eigenvalue weighted by Gasteiger charge is 2.30. The molecule has 1 atom stereocenters. The molecule has 1 N–H and O–H groups in total. The van der Waals surface area contributed by atoms with Crippen LogP contribution in [-0.4, -0.2) is 25.9 Å². The lowest BCUT2D eigenvalue weighted by Crippen LogP contribution is -2.23. The van der Waals surface area contributed by atoms with Crippen molar-refractivity contribution in [1.29, 1.82) is 0 Å². The molecule has 0 unspecified atom stereocenters. The van der Waals surface area contributed by atoms with Crippen molar-refractivity contribution in [1.82, 2.24) is 14.8 Å². The standard InChI is InChI=1S/C18H15F3N4OS/c1-12(16(26)23-14-9-7-13(8-10-14)18(19,20)21)27-17-24-22-11-25(17)15-5-3-2-4-6-15/h2-12H,1H3,(H,23,26)/t12-/m0/s1. The highest BCUT2D eigenvalue weighted by molar-refractivity contribution is 8.00. The van der Waals surface area contributed by atoms with Crippen LogP contribution in [0.2, 0.25) is 0 Å². The summed E-state index contributed by atoms with van der Waals surface area (Å²) in [6.07, 6.45) is -2.86. The van der Waals surface area contributed by atoms with Crippen LogP contribution in [0.1, 0.15) is 12.5 Å². The average Bonchev–Trinajstić information content (AvgIpc) is 3.10. The first-order valence-corrected chi connectivity index (χ1v) is 8.83. The molecule has 0 bridgehead atoms. The van der Waals surface area contributed by atoms with Crippen molar-refractivity contribution in [2.45, 2.75) is 23.5 Å². The first-order chi connectivity index (χ1) is 12.8. The Balaban J connectivity index is 1.66. The lowest BCUT2D eigenvalue weighted by Gasteiger charge is -2.13. The summed E-state index contributed by atoms with van der Waals surface area (Å²) in [5, 5.41) is 10.5. The Bertz CT molecular complexity index is 910. The molecule has 3 rings (SSSR count). The number of aromatic nitrogens is 3. The van der Waals surface area contributed by atoms with Gasteiger partial charge >= 0.3 is 6.18 Å².